The molecule has 1 aliphatic heterocycles. The van der Waals surface area contributed by atoms with Crippen molar-refractivity contribution in [3.63, 3.8) is 0 Å². The molecule has 1 aliphatic rings. The van der Waals surface area contributed by atoms with Crippen LogP contribution in [0.1, 0.15) is 37.5 Å². The highest BCUT2D eigenvalue weighted by molar-refractivity contribution is 5.51. The fraction of sp³-hybridized carbons (Fsp3) is 0.556. The van der Waals surface area contributed by atoms with E-state index in [4.69, 9.17) is 18.7 Å². The first-order valence-electron chi connectivity index (χ1n) is 8.54. The van der Waals surface area contributed by atoms with Gasteiger partial charge in [-0.25, -0.2) is 0 Å². The van der Waals surface area contributed by atoms with E-state index in [0.29, 0.717) is 29.0 Å². The minimum atomic E-state index is 0.114. The van der Waals surface area contributed by atoms with Gasteiger partial charge >= 0.3 is 0 Å². The molecule has 7 nitrogen and oxygen atoms in total. The Balaban J connectivity index is 1.62. The largest absolute Gasteiger partial charge is 0.493 e. The van der Waals surface area contributed by atoms with Crippen molar-refractivity contribution in [2.45, 2.75) is 38.8 Å². The monoisotopic (exact) mass is 347 g/mol. The Labute approximate surface area is 147 Å². The number of aromatic nitrogens is 2. The lowest BCUT2D eigenvalue weighted by molar-refractivity contribution is 0.0668. The summed E-state index contributed by atoms with van der Waals surface area (Å²) < 4.78 is 22.3. The van der Waals surface area contributed by atoms with Crippen LogP contribution in [0.3, 0.4) is 0 Å². The number of aryl methyl sites for hydroxylation is 1. The summed E-state index contributed by atoms with van der Waals surface area (Å²) in [5, 5.41) is 3.88. The summed E-state index contributed by atoms with van der Waals surface area (Å²) in [6.07, 6.45) is 1.95. The smallest absolute Gasteiger partial charge is 0.243 e. The minimum absolute atomic E-state index is 0.114. The highest BCUT2D eigenvalue weighted by Crippen LogP contribution is 2.38. The van der Waals surface area contributed by atoms with Gasteiger partial charge in [0.25, 0.3) is 0 Å². The highest BCUT2D eigenvalue weighted by Gasteiger charge is 2.28. The number of ether oxygens (including phenoxy) is 3. The molecule has 136 valence electrons. The maximum absolute atomic E-state index is 6.21. The fourth-order valence-electron chi connectivity index (χ4n) is 3.12. The third kappa shape index (κ3) is 3.87. The van der Waals surface area contributed by atoms with Crippen molar-refractivity contribution in [1.29, 1.82) is 0 Å². The zero-order valence-corrected chi connectivity index (χ0v) is 15.2. The highest BCUT2D eigenvalue weighted by atomic mass is 16.5. The molecular weight excluding hydrogens is 322 g/mol. The van der Waals surface area contributed by atoms with Crippen molar-refractivity contribution >= 4 is 0 Å². The van der Waals surface area contributed by atoms with Crippen LogP contribution in [-0.4, -0.2) is 48.5 Å². The molecule has 0 saturated carbocycles. The molecule has 0 radical (unpaired) electrons. The fourth-order valence-corrected chi connectivity index (χ4v) is 3.12. The van der Waals surface area contributed by atoms with Gasteiger partial charge in [0.15, 0.2) is 17.3 Å². The number of piperidine rings is 1. The Bertz CT molecular complexity index is 673. The third-order valence-corrected chi connectivity index (χ3v) is 4.59. The van der Waals surface area contributed by atoms with Gasteiger partial charge in [-0.2, -0.15) is 4.98 Å². The normalized spacial score (nSPS) is 17.3. The predicted octanol–water partition coefficient (Wildman–Crippen LogP) is 3.00. The topological polar surface area (TPSA) is 69.8 Å². The van der Waals surface area contributed by atoms with Gasteiger partial charge < -0.3 is 18.7 Å². The van der Waals surface area contributed by atoms with Crippen molar-refractivity contribution in [2.75, 3.05) is 27.3 Å². The standard InChI is InChI=1S/C18H25N3O4/c1-12(18-19-13(2)20-25-18)21-10-8-14(9-11-21)24-17-15(22-3)6-5-7-16(17)23-4/h5-7,12,14H,8-11H2,1-4H3. The lowest BCUT2D eigenvalue weighted by atomic mass is 10.1. The van der Waals surface area contributed by atoms with E-state index in [1.54, 1.807) is 14.2 Å². The van der Waals surface area contributed by atoms with Gasteiger partial charge in [0, 0.05) is 13.1 Å². The second kappa shape index (κ2) is 7.74. The average molecular weight is 347 g/mol. The first-order chi connectivity index (χ1) is 12.1. The first-order valence-corrected chi connectivity index (χ1v) is 8.54. The van der Waals surface area contributed by atoms with Crippen LogP contribution < -0.4 is 14.2 Å². The van der Waals surface area contributed by atoms with E-state index in [2.05, 4.69) is 22.0 Å². The van der Waals surface area contributed by atoms with Crippen molar-refractivity contribution in [1.82, 2.24) is 15.0 Å². The number of benzene rings is 1. The van der Waals surface area contributed by atoms with Crippen LogP contribution in [0.4, 0.5) is 0 Å². The van der Waals surface area contributed by atoms with E-state index in [1.807, 2.05) is 25.1 Å². The SMILES string of the molecule is COc1cccc(OC)c1OC1CCN(C(C)c2nc(C)no2)CC1. The second-order valence-electron chi connectivity index (χ2n) is 6.20. The van der Waals surface area contributed by atoms with E-state index in [9.17, 15) is 0 Å². The van der Waals surface area contributed by atoms with Crippen molar-refractivity contribution in [3.8, 4) is 17.2 Å². The molecule has 25 heavy (non-hydrogen) atoms. The van der Waals surface area contributed by atoms with Crippen LogP contribution in [0.25, 0.3) is 0 Å². The third-order valence-electron chi connectivity index (χ3n) is 4.59. The Morgan fingerprint density at radius 3 is 2.32 bits per heavy atom. The first kappa shape index (κ1) is 17.5. The number of para-hydroxylation sites is 1. The molecule has 1 aromatic heterocycles. The number of nitrogens with zero attached hydrogens (tertiary/aromatic N) is 3. The minimum Gasteiger partial charge on any atom is -0.493 e. The van der Waals surface area contributed by atoms with Crippen molar-refractivity contribution in [3.05, 3.63) is 29.9 Å². The predicted molar refractivity (Wildman–Crippen MR) is 92.2 cm³/mol. The van der Waals surface area contributed by atoms with Gasteiger partial charge in [0.2, 0.25) is 11.6 Å². The van der Waals surface area contributed by atoms with Crippen LogP contribution in [-0.2, 0) is 0 Å². The molecule has 1 saturated heterocycles. The van der Waals surface area contributed by atoms with Crippen molar-refractivity contribution in [2.24, 2.45) is 0 Å². The molecule has 0 N–H and O–H groups in total. The molecule has 1 unspecified atom stereocenters. The molecule has 3 rings (SSSR count). The summed E-state index contributed by atoms with van der Waals surface area (Å²) in [5.41, 5.74) is 0. The Hall–Kier alpha value is -2.28. The van der Waals surface area contributed by atoms with Gasteiger partial charge in [-0.15, -0.1) is 0 Å². The van der Waals surface area contributed by atoms with Gasteiger partial charge in [-0.3, -0.25) is 4.90 Å². The van der Waals surface area contributed by atoms with Gasteiger partial charge in [-0.05, 0) is 38.8 Å². The lowest BCUT2D eigenvalue weighted by Gasteiger charge is -2.34. The summed E-state index contributed by atoms with van der Waals surface area (Å²) in [7, 11) is 3.27. The number of rotatable bonds is 6. The van der Waals surface area contributed by atoms with Gasteiger partial charge in [0.1, 0.15) is 6.10 Å². The molecule has 0 bridgehead atoms. The number of hydrogen-bond donors (Lipinski definition) is 0. The maximum atomic E-state index is 6.21. The maximum Gasteiger partial charge on any atom is 0.243 e. The number of likely N-dealkylation sites (tertiary alicyclic amines) is 1. The molecule has 0 amide bonds. The molecule has 1 atom stereocenters. The molecule has 7 heteroatoms. The molecule has 1 fully saturated rings. The number of methoxy groups -OCH3 is 2. The summed E-state index contributed by atoms with van der Waals surface area (Å²) in [6.45, 7) is 5.74. The molecule has 0 aliphatic carbocycles. The Kier molecular flexibility index (Phi) is 5.43. The van der Waals surface area contributed by atoms with Crippen LogP contribution >= 0.6 is 0 Å². The zero-order valence-electron chi connectivity index (χ0n) is 15.2. The Morgan fingerprint density at radius 2 is 1.80 bits per heavy atom. The summed E-state index contributed by atoms with van der Waals surface area (Å²) in [4.78, 5) is 6.67. The quantitative estimate of drug-likeness (QED) is 0.795. The van der Waals surface area contributed by atoms with Crippen LogP contribution in [0.2, 0.25) is 0 Å². The molecule has 2 aromatic rings. The van der Waals surface area contributed by atoms with Crippen LogP contribution in [0.5, 0.6) is 17.2 Å². The van der Waals surface area contributed by atoms with E-state index in [0.717, 1.165) is 25.9 Å². The molecule has 0 spiro atoms. The average Bonchev–Trinajstić information content (AvgIpc) is 3.08. The zero-order chi connectivity index (χ0) is 17.8. The van der Waals surface area contributed by atoms with Crippen LogP contribution in [0.15, 0.2) is 22.7 Å². The van der Waals surface area contributed by atoms with Gasteiger partial charge in [0.05, 0.1) is 20.3 Å². The molecular formula is C18H25N3O4. The molecule has 2 heterocycles. The van der Waals surface area contributed by atoms with E-state index in [1.165, 1.54) is 0 Å². The molecule has 1 aromatic carbocycles. The van der Waals surface area contributed by atoms with E-state index in [-0.39, 0.29) is 12.1 Å². The van der Waals surface area contributed by atoms with Gasteiger partial charge in [-0.1, -0.05) is 11.2 Å². The number of hydrogen-bond acceptors (Lipinski definition) is 7. The van der Waals surface area contributed by atoms with Crippen molar-refractivity contribution < 1.29 is 18.7 Å². The Morgan fingerprint density at radius 1 is 1.16 bits per heavy atom. The summed E-state index contributed by atoms with van der Waals surface area (Å²) in [5.74, 6) is 3.39. The van der Waals surface area contributed by atoms with Crippen LogP contribution in [0, 0.1) is 6.92 Å². The second-order valence-corrected chi connectivity index (χ2v) is 6.20. The lowest BCUT2D eigenvalue weighted by Crippen LogP contribution is -2.39. The summed E-state index contributed by atoms with van der Waals surface area (Å²) in [6, 6.07) is 5.77. The summed E-state index contributed by atoms with van der Waals surface area (Å²) >= 11 is 0. The van der Waals surface area contributed by atoms with E-state index >= 15 is 0 Å². The van der Waals surface area contributed by atoms with E-state index < -0.39 is 0 Å².